The number of nitrogen functional groups attached to an aromatic ring is 1. The third-order valence-corrected chi connectivity index (χ3v) is 3.60. The quantitative estimate of drug-likeness (QED) is 0.613. The highest BCUT2D eigenvalue weighted by molar-refractivity contribution is 5.86. The fraction of sp³-hybridized carbons (Fsp3) is 0.125. The van der Waals surface area contributed by atoms with Crippen LogP contribution in [-0.2, 0) is 6.54 Å². The Morgan fingerprint density at radius 3 is 2.92 bits per heavy atom. The van der Waals surface area contributed by atoms with Gasteiger partial charge in [-0.05, 0) is 6.07 Å². The van der Waals surface area contributed by atoms with Gasteiger partial charge in [0, 0.05) is 11.8 Å². The van der Waals surface area contributed by atoms with Gasteiger partial charge in [-0.25, -0.2) is 15.0 Å². The summed E-state index contributed by atoms with van der Waals surface area (Å²) in [4.78, 5) is 12.6. The smallest absolute Gasteiger partial charge is 0.264 e. The Bertz CT molecular complexity index is 993. The minimum Gasteiger partial charge on any atom is -0.496 e. The topological polar surface area (TPSA) is 105 Å². The van der Waals surface area contributed by atoms with Crippen LogP contribution in [0.5, 0.6) is 5.75 Å². The van der Waals surface area contributed by atoms with E-state index in [1.807, 2.05) is 30.5 Å². The molecule has 4 aromatic rings. The number of rotatable bonds is 4. The molecule has 1 aromatic carbocycles. The van der Waals surface area contributed by atoms with Crippen LogP contribution in [0, 0.1) is 0 Å². The second-order valence-electron chi connectivity index (χ2n) is 5.15. The molecule has 0 bridgehead atoms. The Morgan fingerprint density at radius 2 is 2.12 bits per heavy atom. The summed E-state index contributed by atoms with van der Waals surface area (Å²) in [5, 5.41) is 5.16. The molecule has 8 nitrogen and oxygen atoms in total. The maximum absolute atomic E-state index is 6.03. The van der Waals surface area contributed by atoms with Crippen molar-refractivity contribution in [2.75, 3.05) is 12.8 Å². The second-order valence-corrected chi connectivity index (χ2v) is 5.15. The number of ether oxygens (including phenoxy) is 1. The van der Waals surface area contributed by atoms with E-state index in [2.05, 4.69) is 20.1 Å². The third-order valence-electron chi connectivity index (χ3n) is 3.60. The first-order valence-electron chi connectivity index (χ1n) is 7.27. The van der Waals surface area contributed by atoms with Gasteiger partial charge in [-0.1, -0.05) is 18.2 Å². The number of anilines is 1. The van der Waals surface area contributed by atoms with Gasteiger partial charge in [0.05, 0.1) is 25.2 Å². The number of fused-ring (bicyclic) bond motifs is 1. The van der Waals surface area contributed by atoms with Gasteiger partial charge >= 0.3 is 0 Å². The molecule has 2 N–H and O–H groups in total. The van der Waals surface area contributed by atoms with Crippen LogP contribution in [0.25, 0.3) is 22.7 Å². The number of hydrogen-bond acceptors (Lipinski definition) is 7. The fourth-order valence-electron chi connectivity index (χ4n) is 2.49. The molecule has 4 rings (SSSR count). The highest BCUT2D eigenvalue weighted by Crippen LogP contribution is 2.23. The largest absolute Gasteiger partial charge is 0.496 e. The van der Waals surface area contributed by atoms with Gasteiger partial charge in [0.15, 0.2) is 5.65 Å². The van der Waals surface area contributed by atoms with E-state index >= 15 is 0 Å². The number of nitrogens with two attached hydrogens (primary N) is 1. The van der Waals surface area contributed by atoms with Crippen LogP contribution < -0.4 is 10.5 Å². The van der Waals surface area contributed by atoms with E-state index in [1.54, 1.807) is 11.8 Å². The van der Waals surface area contributed by atoms with Crippen molar-refractivity contribution in [1.82, 2.24) is 24.7 Å². The molecule has 120 valence electrons. The lowest BCUT2D eigenvalue weighted by atomic mass is 10.2. The summed E-state index contributed by atoms with van der Waals surface area (Å²) in [5.74, 6) is 1.76. The lowest BCUT2D eigenvalue weighted by molar-refractivity contribution is 0.407. The first kappa shape index (κ1) is 14.2. The molecule has 0 radical (unpaired) electrons. The average molecular weight is 322 g/mol. The highest BCUT2D eigenvalue weighted by Gasteiger charge is 2.14. The Hall–Kier alpha value is -3.42. The fourth-order valence-corrected chi connectivity index (χ4v) is 2.49. The Morgan fingerprint density at radius 1 is 1.25 bits per heavy atom. The standard InChI is InChI=1S/C16H14N6O2/c1-23-12-5-3-2-4-10(12)8-22-9-11-13(17)19-15(20-14(11)21-22)16-18-6-7-24-16/h2-7,9H,8H2,1H3,(H2,17,19,20,21). The van der Waals surface area contributed by atoms with Crippen molar-refractivity contribution < 1.29 is 9.15 Å². The Balaban J connectivity index is 1.74. The maximum atomic E-state index is 6.03. The SMILES string of the molecule is COc1ccccc1Cn1cc2c(N)nc(-c3ncco3)nc2n1. The molecule has 0 aliphatic carbocycles. The number of hydrogen-bond donors (Lipinski definition) is 1. The molecule has 0 aliphatic heterocycles. The lowest BCUT2D eigenvalue weighted by Gasteiger charge is -2.07. The summed E-state index contributed by atoms with van der Waals surface area (Å²) in [6, 6.07) is 7.77. The Labute approximate surface area is 136 Å². The van der Waals surface area contributed by atoms with Crippen LogP contribution in [0.4, 0.5) is 5.82 Å². The number of methoxy groups -OCH3 is 1. The van der Waals surface area contributed by atoms with Crippen molar-refractivity contribution in [3.8, 4) is 17.5 Å². The van der Waals surface area contributed by atoms with Crippen molar-refractivity contribution in [3.05, 3.63) is 48.5 Å². The molecule has 3 heterocycles. The minimum atomic E-state index is 0.308. The molecular formula is C16H14N6O2. The van der Waals surface area contributed by atoms with Crippen LogP contribution in [0.1, 0.15) is 5.56 Å². The number of para-hydroxylation sites is 1. The van der Waals surface area contributed by atoms with Crippen LogP contribution >= 0.6 is 0 Å². The normalized spacial score (nSPS) is 11.0. The third kappa shape index (κ3) is 2.43. The van der Waals surface area contributed by atoms with Gasteiger partial charge in [-0.15, -0.1) is 0 Å². The van der Waals surface area contributed by atoms with E-state index < -0.39 is 0 Å². The molecule has 0 fully saturated rings. The number of oxazole rings is 1. The molecule has 0 unspecified atom stereocenters. The zero-order valence-electron chi connectivity index (χ0n) is 12.9. The summed E-state index contributed by atoms with van der Waals surface area (Å²) in [6.45, 7) is 0.536. The van der Waals surface area contributed by atoms with E-state index in [1.165, 1.54) is 12.5 Å². The number of aromatic nitrogens is 5. The first-order chi connectivity index (χ1) is 11.7. The zero-order chi connectivity index (χ0) is 16.5. The summed E-state index contributed by atoms with van der Waals surface area (Å²) >= 11 is 0. The minimum absolute atomic E-state index is 0.308. The highest BCUT2D eigenvalue weighted by atomic mass is 16.5. The number of benzene rings is 1. The average Bonchev–Trinajstić information content (AvgIpc) is 3.24. The molecule has 0 saturated carbocycles. The van der Waals surface area contributed by atoms with Gasteiger partial charge in [0.2, 0.25) is 5.82 Å². The molecule has 0 atom stereocenters. The molecule has 0 spiro atoms. The maximum Gasteiger partial charge on any atom is 0.264 e. The van der Waals surface area contributed by atoms with Crippen LogP contribution in [0.3, 0.4) is 0 Å². The monoisotopic (exact) mass is 322 g/mol. The molecule has 8 heteroatoms. The zero-order valence-corrected chi connectivity index (χ0v) is 12.9. The van der Waals surface area contributed by atoms with Crippen molar-refractivity contribution >= 4 is 16.9 Å². The summed E-state index contributed by atoms with van der Waals surface area (Å²) in [6.07, 6.45) is 4.80. The van der Waals surface area contributed by atoms with Crippen LogP contribution in [-0.4, -0.2) is 31.8 Å². The van der Waals surface area contributed by atoms with E-state index in [4.69, 9.17) is 14.9 Å². The predicted molar refractivity (Wildman–Crippen MR) is 87.3 cm³/mol. The van der Waals surface area contributed by atoms with E-state index in [9.17, 15) is 0 Å². The molecule has 3 aromatic heterocycles. The van der Waals surface area contributed by atoms with Gasteiger partial charge in [-0.3, -0.25) is 4.68 Å². The summed E-state index contributed by atoms with van der Waals surface area (Å²) in [5.41, 5.74) is 7.53. The van der Waals surface area contributed by atoms with Crippen LogP contribution in [0.2, 0.25) is 0 Å². The number of nitrogens with zero attached hydrogens (tertiary/aromatic N) is 5. The van der Waals surface area contributed by atoms with Crippen molar-refractivity contribution in [2.24, 2.45) is 0 Å². The summed E-state index contributed by atoms with van der Waals surface area (Å²) in [7, 11) is 1.64. The summed E-state index contributed by atoms with van der Waals surface area (Å²) < 4.78 is 12.3. The van der Waals surface area contributed by atoms with Crippen molar-refractivity contribution in [3.63, 3.8) is 0 Å². The van der Waals surface area contributed by atoms with Gasteiger partial charge in [0.25, 0.3) is 5.89 Å². The van der Waals surface area contributed by atoms with Gasteiger partial charge in [-0.2, -0.15) is 5.10 Å². The van der Waals surface area contributed by atoms with E-state index in [0.717, 1.165) is 11.3 Å². The van der Waals surface area contributed by atoms with Crippen LogP contribution in [0.15, 0.2) is 47.3 Å². The Kier molecular flexibility index (Phi) is 3.34. The van der Waals surface area contributed by atoms with Gasteiger partial charge in [0.1, 0.15) is 17.8 Å². The van der Waals surface area contributed by atoms with Gasteiger partial charge < -0.3 is 14.9 Å². The first-order valence-corrected chi connectivity index (χ1v) is 7.27. The molecule has 0 aliphatic rings. The molecule has 24 heavy (non-hydrogen) atoms. The van der Waals surface area contributed by atoms with Crippen molar-refractivity contribution in [2.45, 2.75) is 6.54 Å². The molecule has 0 saturated heterocycles. The molecular weight excluding hydrogens is 308 g/mol. The van der Waals surface area contributed by atoms with E-state index in [-0.39, 0.29) is 0 Å². The lowest BCUT2D eigenvalue weighted by Crippen LogP contribution is -2.02. The predicted octanol–water partition coefficient (Wildman–Crippen LogP) is 2.12. The van der Waals surface area contributed by atoms with E-state index in [0.29, 0.717) is 35.1 Å². The second kappa shape index (κ2) is 5.65. The van der Waals surface area contributed by atoms with Crippen molar-refractivity contribution in [1.29, 1.82) is 0 Å². The molecule has 0 amide bonds.